The predicted molar refractivity (Wildman–Crippen MR) is 121 cm³/mol. The fraction of sp³-hybridized carbons (Fsp3) is 0.375. The van der Waals surface area contributed by atoms with Gasteiger partial charge in [-0.3, -0.25) is 9.59 Å². The van der Waals surface area contributed by atoms with Crippen LogP contribution in [0.3, 0.4) is 0 Å². The molecule has 0 saturated carbocycles. The molecule has 2 aliphatic rings. The third-order valence-corrected chi connectivity index (χ3v) is 6.64. The van der Waals surface area contributed by atoms with Gasteiger partial charge >= 0.3 is 0 Å². The van der Waals surface area contributed by atoms with Crippen LogP contribution in [-0.4, -0.2) is 52.6 Å². The van der Waals surface area contributed by atoms with Crippen molar-refractivity contribution in [2.24, 2.45) is 0 Å². The Labute approximate surface area is 181 Å². The number of aromatic amines is 1. The SMILES string of the molecule is O=C1NCN(c2ccccc2)C12CCN(CCCc1nc3ccccc3c(=O)[nH]1)CC2. The number of para-hydroxylation sites is 2. The molecule has 5 rings (SSSR count). The average Bonchev–Trinajstić information content (AvgIpc) is 3.11. The van der Waals surface area contributed by atoms with Crippen LogP contribution >= 0.6 is 0 Å². The topological polar surface area (TPSA) is 81.3 Å². The molecule has 7 heteroatoms. The third-order valence-electron chi connectivity index (χ3n) is 6.64. The van der Waals surface area contributed by atoms with Gasteiger partial charge in [-0.1, -0.05) is 30.3 Å². The van der Waals surface area contributed by atoms with Crippen LogP contribution in [-0.2, 0) is 11.2 Å². The molecule has 3 aromatic rings. The molecule has 31 heavy (non-hydrogen) atoms. The van der Waals surface area contributed by atoms with Gasteiger partial charge in [0.05, 0.1) is 17.6 Å². The van der Waals surface area contributed by atoms with Crippen LogP contribution in [0.4, 0.5) is 5.69 Å². The van der Waals surface area contributed by atoms with Crippen molar-refractivity contribution in [2.45, 2.75) is 31.2 Å². The lowest BCUT2D eigenvalue weighted by Crippen LogP contribution is -2.56. The highest BCUT2D eigenvalue weighted by molar-refractivity contribution is 5.93. The minimum absolute atomic E-state index is 0.0752. The number of nitrogens with one attached hydrogen (secondary N) is 2. The summed E-state index contributed by atoms with van der Waals surface area (Å²) in [5.74, 6) is 0.886. The normalized spacial score (nSPS) is 18.6. The molecule has 7 nitrogen and oxygen atoms in total. The molecular weight excluding hydrogens is 390 g/mol. The van der Waals surface area contributed by atoms with Crippen molar-refractivity contribution in [3.05, 3.63) is 70.8 Å². The van der Waals surface area contributed by atoms with E-state index in [9.17, 15) is 9.59 Å². The molecule has 2 N–H and O–H groups in total. The molecule has 2 saturated heterocycles. The fourth-order valence-corrected chi connectivity index (χ4v) is 4.90. The standard InChI is InChI=1S/C24H27N5O2/c30-22-19-9-4-5-10-20(19)26-21(27-22)11-6-14-28-15-12-24(13-16-28)23(31)25-17-29(24)18-7-2-1-3-8-18/h1-5,7-10H,6,11-17H2,(H,25,31)(H,26,27,30). The monoisotopic (exact) mass is 417 g/mol. The van der Waals surface area contributed by atoms with E-state index in [1.54, 1.807) is 6.07 Å². The minimum atomic E-state index is -0.441. The quantitative estimate of drug-likeness (QED) is 0.666. The second-order valence-corrected chi connectivity index (χ2v) is 8.43. The van der Waals surface area contributed by atoms with Gasteiger partial charge in [-0.2, -0.15) is 0 Å². The van der Waals surface area contributed by atoms with E-state index in [-0.39, 0.29) is 11.5 Å². The average molecular weight is 418 g/mol. The van der Waals surface area contributed by atoms with Crippen molar-refractivity contribution in [1.29, 1.82) is 0 Å². The van der Waals surface area contributed by atoms with Crippen LogP contribution in [0.2, 0.25) is 0 Å². The molecule has 2 aromatic carbocycles. The number of likely N-dealkylation sites (tertiary alicyclic amines) is 1. The molecule has 160 valence electrons. The lowest BCUT2D eigenvalue weighted by molar-refractivity contribution is -0.125. The number of rotatable bonds is 5. The van der Waals surface area contributed by atoms with Crippen LogP contribution in [0.15, 0.2) is 59.4 Å². The Kier molecular flexibility index (Phi) is 5.19. The first kappa shape index (κ1) is 19.8. The van der Waals surface area contributed by atoms with Gasteiger partial charge < -0.3 is 20.1 Å². The first-order valence-electron chi connectivity index (χ1n) is 11.0. The Morgan fingerprint density at radius 1 is 0.968 bits per heavy atom. The molecule has 1 aromatic heterocycles. The first-order chi connectivity index (χ1) is 15.2. The Morgan fingerprint density at radius 2 is 1.71 bits per heavy atom. The summed E-state index contributed by atoms with van der Waals surface area (Å²) < 4.78 is 0. The van der Waals surface area contributed by atoms with Gasteiger partial charge in [0.25, 0.3) is 5.56 Å². The summed E-state index contributed by atoms with van der Waals surface area (Å²) in [5.41, 5.74) is 1.33. The lowest BCUT2D eigenvalue weighted by atomic mass is 9.85. The maximum absolute atomic E-state index is 12.8. The van der Waals surface area contributed by atoms with Crippen molar-refractivity contribution in [2.75, 3.05) is 31.2 Å². The number of carbonyl (C=O) groups is 1. The van der Waals surface area contributed by atoms with E-state index < -0.39 is 5.54 Å². The molecule has 0 aliphatic carbocycles. The summed E-state index contributed by atoms with van der Waals surface area (Å²) in [7, 11) is 0. The fourth-order valence-electron chi connectivity index (χ4n) is 4.90. The highest BCUT2D eigenvalue weighted by atomic mass is 16.2. The van der Waals surface area contributed by atoms with Crippen LogP contribution in [0.1, 0.15) is 25.1 Å². The molecule has 0 radical (unpaired) electrons. The highest BCUT2D eigenvalue weighted by Crippen LogP contribution is 2.36. The smallest absolute Gasteiger partial charge is 0.258 e. The maximum Gasteiger partial charge on any atom is 0.258 e. The van der Waals surface area contributed by atoms with Crippen molar-refractivity contribution >= 4 is 22.5 Å². The molecule has 2 fully saturated rings. The molecule has 2 aliphatic heterocycles. The van der Waals surface area contributed by atoms with Gasteiger partial charge in [-0.25, -0.2) is 4.98 Å². The second-order valence-electron chi connectivity index (χ2n) is 8.43. The van der Waals surface area contributed by atoms with Gasteiger partial charge in [-0.05, 0) is 50.1 Å². The zero-order valence-electron chi connectivity index (χ0n) is 17.5. The van der Waals surface area contributed by atoms with Crippen molar-refractivity contribution < 1.29 is 4.79 Å². The largest absolute Gasteiger partial charge is 0.339 e. The zero-order chi connectivity index (χ0) is 21.3. The minimum Gasteiger partial charge on any atom is -0.339 e. The second kappa shape index (κ2) is 8.15. The first-order valence-corrected chi connectivity index (χ1v) is 11.0. The van der Waals surface area contributed by atoms with E-state index in [0.29, 0.717) is 12.1 Å². The number of anilines is 1. The summed E-state index contributed by atoms with van der Waals surface area (Å²) in [4.78, 5) is 37.2. The van der Waals surface area contributed by atoms with Crippen LogP contribution < -0.4 is 15.8 Å². The Balaban J connectivity index is 1.19. The molecule has 1 amide bonds. The van der Waals surface area contributed by atoms with Gasteiger partial charge in [-0.15, -0.1) is 0 Å². The molecule has 1 spiro atoms. The predicted octanol–water partition coefficient (Wildman–Crippen LogP) is 2.28. The number of benzene rings is 2. The zero-order valence-corrected chi connectivity index (χ0v) is 17.5. The maximum atomic E-state index is 12.8. The summed E-state index contributed by atoms with van der Waals surface area (Å²) >= 11 is 0. The number of piperidine rings is 1. The van der Waals surface area contributed by atoms with E-state index in [2.05, 4.69) is 37.2 Å². The van der Waals surface area contributed by atoms with Gasteiger partial charge in [0.2, 0.25) is 5.91 Å². The van der Waals surface area contributed by atoms with Gasteiger partial charge in [0.1, 0.15) is 11.4 Å². The van der Waals surface area contributed by atoms with E-state index in [1.165, 1.54) is 0 Å². The highest BCUT2D eigenvalue weighted by Gasteiger charge is 2.50. The van der Waals surface area contributed by atoms with Crippen LogP contribution in [0.5, 0.6) is 0 Å². The number of fused-ring (bicyclic) bond motifs is 1. The molecule has 0 bridgehead atoms. The molecule has 3 heterocycles. The summed E-state index contributed by atoms with van der Waals surface area (Å²) in [6.45, 7) is 3.28. The summed E-state index contributed by atoms with van der Waals surface area (Å²) in [5, 5.41) is 3.68. The number of aromatic nitrogens is 2. The number of carbonyl (C=O) groups excluding carboxylic acids is 1. The molecule has 0 unspecified atom stereocenters. The number of hydrogen-bond acceptors (Lipinski definition) is 5. The van der Waals surface area contributed by atoms with E-state index >= 15 is 0 Å². The van der Waals surface area contributed by atoms with Gasteiger partial charge in [0.15, 0.2) is 0 Å². The third kappa shape index (κ3) is 3.70. The Hall–Kier alpha value is -3.19. The number of hydrogen-bond donors (Lipinski definition) is 2. The van der Waals surface area contributed by atoms with E-state index in [1.807, 2.05) is 36.4 Å². The van der Waals surface area contributed by atoms with E-state index in [4.69, 9.17) is 0 Å². The van der Waals surface area contributed by atoms with Crippen LogP contribution in [0.25, 0.3) is 10.9 Å². The number of H-pyrrole nitrogens is 1. The van der Waals surface area contributed by atoms with Crippen molar-refractivity contribution in [3.63, 3.8) is 0 Å². The van der Waals surface area contributed by atoms with E-state index in [0.717, 1.165) is 62.3 Å². The van der Waals surface area contributed by atoms with Crippen LogP contribution in [0, 0.1) is 0 Å². The number of aryl methyl sites for hydroxylation is 1. The summed E-state index contributed by atoms with van der Waals surface area (Å²) in [6, 6.07) is 17.6. The van der Waals surface area contributed by atoms with Crippen molar-refractivity contribution in [3.8, 4) is 0 Å². The number of nitrogens with zero attached hydrogens (tertiary/aromatic N) is 3. The molecule has 0 atom stereocenters. The number of amides is 1. The summed E-state index contributed by atoms with van der Waals surface area (Å²) in [6.07, 6.45) is 3.29. The Morgan fingerprint density at radius 3 is 2.52 bits per heavy atom. The lowest BCUT2D eigenvalue weighted by Gasteiger charge is -2.43. The Bertz CT molecular complexity index is 1140. The van der Waals surface area contributed by atoms with Crippen molar-refractivity contribution in [1.82, 2.24) is 20.2 Å². The molecular formula is C24H27N5O2. The van der Waals surface area contributed by atoms with Gasteiger partial charge in [0, 0.05) is 25.2 Å².